The van der Waals surface area contributed by atoms with Gasteiger partial charge in [0.2, 0.25) is 0 Å². The van der Waals surface area contributed by atoms with Gasteiger partial charge in [-0.05, 0) is 44.9 Å². The number of hydrogen-bond donors (Lipinski definition) is 1. The first-order chi connectivity index (χ1) is 9.06. The Hall–Kier alpha value is -1.39. The summed E-state index contributed by atoms with van der Waals surface area (Å²) >= 11 is 0. The number of aryl methyl sites for hydroxylation is 1. The number of ether oxygens (including phenoxy) is 1. The van der Waals surface area contributed by atoms with Gasteiger partial charge in [0.25, 0.3) is 5.91 Å². The molecule has 0 spiro atoms. The van der Waals surface area contributed by atoms with Gasteiger partial charge in [0.05, 0.1) is 12.1 Å². The lowest BCUT2D eigenvalue weighted by Crippen LogP contribution is -2.53. The van der Waals surface area contributed by atoms with Gasteiger partial charge in [-0.15, -0.1) is 0 Å². The number of anilines is 1. The van der Waals surface area contributed by atoms with E-state index in [-0.39, 0.29) is 18.1 Å². The lowest BCUT2D eigenvalue weighted by Gasteiger charge is -2.40. The molecule has 104 valence electrons. The Kier molecular flexibility index (Phi) is 4.22. The van der Waals surface area contributed by atoms with Crippen LogP contribution in [0.15, 0.2) is 24.3 Å². The van der Waals surface area contributed by atoms with Gasteiger partial charge < -0.3 is 15.4 Å². The number of hydrogen-bond acceptors (Lipinski definition) is 3. The maximum absolute atomic E-state index is 12.1. The Morgan fingerprint density at radius 1 is 1.42 bits per heavy atom. The lowest BCUT2D eigenvalue weighted by atomic mass is 9.96. The molecule has 2 rings (SSSR count). The molecule has 1 unspecified atom stereocenters. The van der Waals surface area contributed by atoms with E-state index in [1.54, 1.807) is 0 Å². The van der Waals surface area contributed by atoms with E-state index in [0.29, 0.717) is 13.1 Å². The van der Waals surface area contributed by atoms with Crippen LogP contribution in [0.5, 0.6) is 0 Å². The SMILES string of the molecule is Cc1ccccc1N1CC(C)(CCCN)OCC1=O. The summed E-state index contributed by atoms with van der Waals surface area (Å²) in [6, 6.07) is 7.96. The standard InChI is InChI=1S/C15H22N2O2/c1-12-6-3-4-7-13(12)17-11-15(2,8-5-9-16)19-10-14(17)18/h3-4,6-7H,5,8-11,16H2,1-2H3. The number of para-hydroxylation sites is 1. The highest BCUT2D eigenvalue weighted by molar-refractivity contribution is 5.95. The van der Waals surface area contributed by atoms with Crippen LogP contribution >= 0.6 is 0 Å². The Morgan fingerprint density at radius 2 is 2.16 bits per heavy atom. The van der Waals surface area contributed by atoms with Crippen LogP contribution in [0.25, 0.3) is 0 Å². The van der Waals surface area contributed by atoms with E-state index < -0.39 is 0 Å². The molecule has 0 saturated carbocycles. The van der Waals surface area contributed by atoms with E-state index in [0.717, 1.165) is 24.1 Å². The van der Waals surface area contributed by atoms with Gasteiger partial charge in [-0.2, -0.15) is 0 Å². The summed E-state index contributed by atoms with van der Waals surface area (Å²) in [5.74, 6) is 0.0273. The predicted octanol–water partition coefficient (Wildman–Crippen LogP) is 1.86. The number of benzene rings is 1. The fourth-order valence-electron chi connectivity index (χ4n) is 2.50. The highest BCUT2D eigenvalue weighted by Crippen LogP contribution is 2.29. The van der Waals surface area contributed by atoms with E-state index >= 15 is 0 Å². The molecular weight excluding hydrogens is 240 g/mol. The summed E-state index contributed by atoms with van der Waals surface area (Å²) in [5, 5.41) is 0. The Balaban J connectivity index is 2.19. The average Bonchev–Trinajstić information content (AvgIpc) is 2.41. The Bertz CT molecular complexity index is 461. The maximum Gasteiger partial charge on any atom is 0.253 e. The minimum absolute atomic E-state index is 0.0273. The van der Waals surface area contributed by atoms with Crippen molar-refractivity contribution in [3.63, 3.8) is 0 Å². The first kappa shape index (κ1) is 14.0. The number of carbonyl (C=O) groups is 1. The predicted molar refractivity (Wildman–Crippen MR) is 76.2 cm³/mol. The zero-order valence-electron chi connectivity index (χ0n) is 11.7. The van der Waals surface area contributed by atoms with Crippen molar-refractivity contribution < 1.29 is 9.53 Å². The number of carbonyl (C=O) groups excluding carboxylic acids is 1. The van der Waals surface area contributed by atoms with Gasteiger partial charge in [-0.3, -0.25) is 4.79 Å². The quantitative estimate of drug-likeness (QED) is 0.901. The van der Waals surface area contributed by atoms with Crippen LogP contribution in [0.3, 0.4) is 0 Å². The van der Waals surface area contributed by atoms with Gasteiger partial charge in [0, 0.05) is 5.69 Å². The molecule has 1 aromatic carbocycles. The molecule has 1 aliphatic heterocycles. The van der Waals surface area contributed by atoms with Crippen molar-refractivity contribution in [1.29, 1.82) is 0 Å². The molecule has 1 heterocycles. The number of nitrogens with zero attached hydrogens (tertiary/aromatic N) is 1. The van der Waals surface area contributed by atoms with Crippen molar-refractivity contribution in [2.45, 2.75) is 32.3 Å². The Labute approximate surface area is 114 Å². The molecule has 2 N–H and O–H groups in total. The number of nitrogens with two attached hydrogens (primary N) is 1. The lowest BCUT2D eigenvalue weighted by molar-refractivity contribution is -0.137. The van der Waals surface area contributed by atoms with Crippen LogP contribution in [0.2, 0.25) is 0 Å². The second-order valence-corrected chi connectivity index (χ2v) is 5.40. The fraction of sp³-hybridized carbons (Fsp3) is 0.533. The van der Waals surface area contributed by atoms with Crippen LogP contribution in [-0.2, 0) is 9.53 Å². The molecule has 1 aliphatic rings. The summed E-state index contributed by atoms with van der Waals surface area (Å²) in [4.78, 5) is 13.9. The van der Waals surface area contributed by atoms with Gasteiger partial charge in [-0.25, -0.2) is 0 Å². The molecule has 0 aromatic heterocycles. The van der Waals surface area contributed by atoms with E-state index in [1.807, 2.05) is 36.1 Å². The second-order valence-electron chi connectivity index (χ2n) is 5.40. The molecule has 1 atom stereocenters. The topological polar surface area (TPSA) is 55.6 Å². The minimum atomic E-state index is -0.296. The van der Waals surface area contributed by atoms with E-state index in [9.17, 15) is 4.79 Å². The molecule has 0 aliphatic carbocycles. The van der Waals surface area contributed by atoms with Gasteiger partial charge >= 0.3 is 0 Å². The van der Waals surface area contributed by atoms with Crippen molar-refractivity contribution in [2.75, 3.05) is 24.6 Å². The van der Waals surface area contributed by atoms with Crippen LogP contribution in [0.4, 0.5) is 5.69 Å². The summed E-state index contributed by atoms with van der Waals surface area (Å²) < 4.78 is 5.72. The van der Waals surface area contributed by atoms with Crippen LogP contribution in [-0.4, -0.2) is 31.2 Å². The summed E-state index contributed by atoms with van der Waals surface area (Å²) in [6.07, 6.45) is 1.78. The smallest absolute Gasteiger partial charge is 0.253 e. The first-order valence-electron chi connectivity index (χ1n) is 6.76. The average molecular weight is 262 g/mol. The summed E-state index contributed by atoms with van der Waals surface area (Å²) in [6.45, 7) is 5.47. The van der Waals surface area contributed by atoms with Crippen LogP contribution in [0.1, 0.15) is 25.3 Å². The highest BCUT2D eigenvalue weighted by atomic mass is 16.5. The van der Waals surface area contributed by atoms with Crippen molar-refractivity contribution in [2.24, 2.45) is 5.73 Å². The molecule has 4 nitrogen and oxygen atoms in total. The van der Waals surface area contributed by atoms with Crippen molar-refractivity contribution >= 4 is 11.6 Å². The van der Waals surface area contributed by atoms with Gasteiger partial charge in [0.1, 0.15) is 6.61 Å². The monoisotopic (exact) mass is 262 g/mol. The van der Waals surface area contributed by atoms with Crippen molar-refractivity contribution in [3.8, 4) is 0 Å². The number of amides is 1. The second kappa shape index (κ2) is 5.72. The van der Waals surface area contributed by atoms with Crippen LogP contribution in [0, 0.1) is 6.92 Å². The summed E-state index contributed by atoms with van der Waals surface area (Å²) in [7, 11) is 0. The van der Waals surface area contributed by atoms with E-state index in [1.165, 1.54) is 0 Å². The fourth-order valence-corrected chi connectivity index (χ4v) is 2.50. The molecular formula is C15H22N2O2. The zero-order chi connectivity index (χ0) is 13.9. The molecule has 1 fully saturated rings. The molecule has 0 radical (unpaired) electrons. The molecule has 1 amide bonds. The largest absolute Gasteiger partial charge is 0.364 e. The maximum atomic E-state index is 12.1. The van der Waals surface area contributed by atoms with Gasteiger partial charge in [-0.1, -0.05) is 18.2 Å². The molecule has 1 aromatic rings. The van der Waals surface area contributed by atoms with Gasteiger partial charge in [0.15, 0.2) is 0 Å². The van der Waals surface area contributed by atoms with E-state index in [4.69, 9.17) is 10.5 Å². The zero-order valence-corrected chi connectivity index (χ0v) is 11.7. The highest BCUT2D eigenvalue weighted by Gasteiger charge is 2.36. The summed E-state index contributed by atoms with van der Waals surface area (Å²) in [5.41, 5.74) is 7.36. The third-order valence-electron chi connectivity index (χ3n) is 3.65. The minimum Gasteiger partial charge on any atom is -0.364 e. The molecule has 0 bridgehead atoms. The number of morpholine rings is 1. The van der Waals surface area contributed by atoms with Crippen molar-refractivity contribution in [3.05, 3.63) is 29.8 Å². The third-order valence-corrected chi connectivity index (χ3v) is 3.65. The Morgan fingerprint density at radius 3 is 2.84 bits per heavy atom. The first-order valence-corrected chi connectivity index (χ1v) is 6.76. The third kappa shape index (κ3) is 3.14. The van der Waals surface area contributed by atoms with Crippen molar-refractivity contribution in [1.82, 2.24) is 0 Å². The normalized spacial score (nSPS) is 23.7. The molecule has 4 heteroatoms. The molecule has 19 heavy (non-hydrogen) atoms. The van der Waals surface area contributed by atoms with Crippen LogP contribution < -0.4 is 10.6 Å². The van der Waals surface area contributed by atoms with E-state index in [2.05, 4.69) is 6.92 Å². The molecule has 1 saturated heterocycles. The number of rotatable bonds is 4.